The summed E-state index contributed by atoms with van der Waals surface area (Å²) < 4.78 is 1.05. The average Bonchev–Trinajstić information content (AvgIpc) is 2.35. The minimum atomic E-state index is -0.258. The third-order valence-electron chi connectivity index (χ3n) is 2.41. The fraction of sp³-hybridized carbons (Fsp3) is 0.167. The van der Waals surface area contributed by atoms with Crippen molar-refractivity contribution < 1.29 is 0 Å². The second-order valence-electron chi connectivity index (χ2n) is 4.02. The Bertz CT molecular complexity index is 608. The minimum absolute atomic E-state index is 0.167. The SMILES string of the molecule is CP(C)c1cc(Br)ccc1Nc1nc(Cl)ncc1Cl. The van der Waals surface area contributed by atoms with Crippen LogP contribution in [0.5, 0.6) is 0 Å². The highest BCUT2D eigenvalue weighted by Gasteiger charge is 2.10. The van der Waals surface area contributed by atoms with Gasteiger partial charge in [-0.25, -0.2) is 4.98 Å². The maximum absolute atomic E-state index is 6.06. The van der Waals surface area contributed by atoms with Gasteiger partial charge in [0.15, 0.2) is 5.82 Å². The lowest BCUT2D eigenvalue weighted by atomic mass is 10.3. The monoisotopic (exact) mass is 377 g/mol. The van der Waals surface area contributed by atoms with Crippen molar-refractivity contribution in [3.63, 3.8) is 0 Å². The molecule has 0 aliphatic heterocycles. The first-order valence-corrected chi connectivity index (χ1v) is 9.18. The summed E-state index contributed by atoms with van der Waals surface area (Å²) in [6.45, 7) is 4.38. The van der Waals surface area contributed by atoms with Gasteiger partial charge in [0.1, 0.15) is 5.02 Å². The largest absolute Gasteiger partial charge is 0.338 e. The van der Waals surface area contributed by atoms with E-state index in [2.05, 4.69) is 50.6 Å². The third kappa shape index (κ3) is 3.79. The normalized spacial score (nSPS) is 10.8. The van der Waals surface area contributed by atoms with Crippen LogP contribution in [0.25, 0.3) is 0 Å². The second-order valence-corrected chi connectivity index (χ2v) is 7.95. The predicted molar refractivity (Wildman–Crippen MR) is 87.9 cm³/mol. The predicted octanol–water partition coefficient (Wildman–Crippen LogP) is 4.66. The molecule has 0 aliphatic rings. The topological polar surface area (TPSA) is 37.8 Å². The number of anilines is 2. The highest BCUT2D eigenvalue weighted by atomic mass is 79.9. The first-order valence-electron chi connectivity index (χ1n) is 5.39. The van der Waals surface area contributed by atoms with Crippen molar-refractivity contribution in [3.8, 4) is 0 Å². The summed E-state index contributed by atoms with van der Waals surface area (Å²) in [7, 11) is -0.258. The molecule has 0 unspecified atom stereocenters. The van der Waals surface area contributed by atoms with Crippen LogP contribution in [0.1, 0.15) is 0 Å². The van der Waals surface area contributed by atoms with Crippen molar-refractivity contribution in [2.24, 2.45) is 0 Å². The van der Waals surface area contributed by atoms with Crippen LogP contribution in [-0.2, 0) is 0 Å². The molecular weight excluding hydrogens is 368 g/mol. The van der Waals surface area contributed by atoms with Crippen LogP contribution >= 0.6 is 47.1 Å². The smallest absolute Gasteiger partial charge is 0.224 e. The number of nitrogens with one attached hydrogen (secondary N) is 1. The second kappa shape index (κ2) is 6.36. The van der Waals surface area contributed by atoms with E-state index in [-0.39, 0.29) is 13.2 Å². The van der Waals surface area contributed by atoms with E-state index in [0.717, 1.165) is 10.2 Å². The zero-order valence-electron chi connectivity index (χ0n) is 10.3. The molecule has 1 heterocycles. The maximum atomic E-state index is 6.06. The van der Waals surface area contributed by atoms with Gasteiger partial charge in [-0.1, -0.05) is 35.5 Å². The molecule has 2 aromatic rings. The first kappa shape index (κ1) is 15.0. The summed E-state index contributed by atoms with van der Waals surface area (Å²) in [5.74, 6) is 0.516. The number of hydrogen-bond donors (Lipinski definition) is 1. The van der Waals surface area contributed by atoms with Crippen molar-refractivity contribution in [2.75, 3.05) is 18.6 Å². The summed E-state index contributed by atoms with van der Waals surface area (Å²) in [5.41, 5.74) is 0.982. The molecular formula is C12H11BrCl2N3P. The van der Waals surface area contributed by atoms with E-state index in [1.807, 2.05) is 12.1 Å². The van der Waals surface area contributed by atoms with Gasteiger partial charge in [0.05, 0.1) is 6.20 Å². The molecule has 1 aromatic heterocycles. The highest BCUT2D eigenvalue weighted by Crippen LogP contribution is 2.32. The van der Waals surface area contributed by atoms with Gasteiger partial charge >= 0.3 is 0 Å². The highest BCUT2D eigenvalue weighted by molar-refractivity contribution is 9.10. The molecule has 1 aromatic carbocycles. The van der Waals surface area contributed by atoms with Crippen molar-refractivity contribution in [2.45, 2.75) is 0 Å². The Morgan fingerprint density at radius 3 is 2.68 bits per heavy atom. The summed E-state index contributed by atoms with van der Waals surface area (Å²) in [6, 6.07) is 6.07. The Kier molecular flexibility index (Phi) is 5.02. The minimum Gasteiger partial charge on any atom is -0.338 e. The molecule has 0 amide bonds. The lowest BCUT2D eigenvalue weighted by molar-refractivity contribution is 1.17. The van der Waals surface area contributed by atoms with Crippen LogP contribution in [0.3, 0.4) is 0 Å². The van der Waals surface area contributed by atoms with E-state index < -0.39 is 0 Å². The van der Waals surface area contributed by atoms with E-state index in [9.17, 15) is 0 Å². The molecule has 100 valence electrons. The third-order valence-corrected chi connectivity index (χ3v) is 4.69. The first-order chi connectivity index (χ1) is 8.97. The molecule has 2 rings (SSSR count). The molecule has 0 bridgehead atoms. The van der Waals surface area contributed by atoms with Gasteiger partial charge in [0.2, 0.25) is 5.28 Å². The van der Waals surface area contributed by atoms with Gasteiger partial charge in [-0.05, 0) is 48.4 Å². The molecule has 0 radical (unpaired) electrons. The number of hydrogen-bond acceptors (Lipinski definition) is 3. The van der Waals surface area contributed by atoms with Crippen LogP contribution in [0.4, 0.5) is 11.5 Å². The maximum Gasteiger partial charge on any atom is 0.224 e. The van der Waals surface area contributed by atoms with Gasteiger partial charge in [-0.2, -0.15) is 4.98 Å². The van der Waals surface area contributed by atoms with E-state index in [0.29, 0.717) is 10.8 Å². The standard InChI is InChI=1S/C12H11BrCl2N3P/c1-19(2)10-5-7(13)3-4-9(10)17-11-8(14)6-16-12(15)18-11/h3-6H,1-2H3,(H,16,17,18). The molecule has 7 heteroatoms. The Morgan fingerprint density at radius 2 is 2.00 bits per heavy atom. The fourth-order valence-electron chi connectivity index (χ4n) is 1.54. The average molecular weight is 379 g/mol. The van der Waals surface area contributed by atoms with E-state index in [1.165, 1.54) is 11.5 Å². The van der Waals surface area contributed by atoms with Gasteiger partial charge in [0.25, 0.3) is 0 Å². The Hall–Kier alpha value is -0.410. The number of rotatable bonds is 3. The quantitative estimate of drug-likeness (QED) is 0.623. The van der Waals surface area contributed by atoms with Gasteiger partial charge in [0, 0.05) is 10.2 Å². The zero-order valence-corrected chi connectivity index (χ0v) is 14.3. The fourth-order valence-corrected chi connectivity index (χ4v) is 3.36. The van der Waals surface area contributed by atoms with Gasteiger partial charge < -0.3 is 5.32 Å². The summed E-state index contributed by atoms with van der Waals surface area (Å²) in [4.78, 5) is 7.93. The summed E-state index contributed by atoms with van der Waals surface area (Å²) in [6.07, 6.45) is 1.48. The number of benzene rings is 1. The molecule has 0 aliphatic carbocycles. The lowest BCUT2D eigenvalue weighted by Gasteiger charge is -2.15. The molecule has 1 N–H and O–H groups in total. The van der Waals surface area contributed by atoms with Crippen LogP contribution < -0.4 is 10.6 Å². The van der Waals surface area contributed by atoms with Crippen LogP contribution in [0, 0.1) is 0 Å². The Balaban J connectivity index is 2.40. The summed E-state index contributed by atoms with van der Waals surface area (Å²) >= 11 is 15.3. The van der Waals surface area contributed by atoms with Crippen molar-refractivity contribution in [3.05, 3.63) is 39.2 Å². The molecule has 19 heavy (non-hydrogen) atoms. The molecule has 0 atom stereocenters. The summed E-state index contributed by atoms with van der Waals surface area (Å²) in [5, 5.41) is 5.06. The van der Waals surface area contributed by atoms with Crippen LogP contribution in [-0.4, -0.2) is 23.3 Å². The van der Waals surface area contributed by atoms with Gasteiger partial charge in [-0.3, -0.25) is 0 Å². The van der Waals surface area contributed by atoms with E-state index in [4.69, 9.17) is 23.2 Å². The van der Waals surface area contributed by atoms with E-state index >= 15 is 0 Å². The zero-order chi connectivity index (χ0) is 14.0. The molecule has 0 saturated carbocycles. The number of nitrogens with zero attached hydrogens (tertiary/aromatic N) is 2. The Labute approximate surface area is 131 Å². The molecule has 0 spiro atoms. The van der Waals surface area contributed by atoms with Crippen molar-refractivity contribution in [1.29, 1.82) is 0 Å². The van der Waals surface area contributed by atoms with Gasteiger partial charge in [-0.15, -0.1) is 0 Å². The van der Waals surface area contributed by atoms with Crippen LogP contribution in [0.15, 0.2) is 28.9 Å². The molecule has 3 nitrogen and oxygen atoms in total. The van der Waals surface area contributed by atoms with Crippen LogP contribution in [0.2, 0.25) is 10.3 Å². The van der Waals surface area contributed by atoms with Crippen molar-refractivity contribution in [1.82, 2.24) is 9.97 Å². The van der Waals surface area contributed by atoms with E-state index in [1.54, 1.807) is 0 Å². The van der Waals surface area contributed by atoms with Crippen molar-refractivity contribution >= 4 is 63.9 Å². The molecule has 0 saturated heterocycles. The number of halogens is 3. The Morgan fingerprint density at radius 1 is 1.26 bits per heavy atom. The number of aromatic nitrogens is 2. The lowest BCUT2D eigenvalue weighted by Crippen LogP contribution is -2.08. The molecule has 0 fully saturated rings.